The fraction of sp³-hybridized carbons (Fsp3) is 0.353. The van der Waals surface area contributed by atoms with Gasteiger partial charge in [0.25, 0.3) is 5.91 Å². The summed E-state index contributed by atoms with van der Waals surface area (Å²) in [7, 11) is 3.42. The zero-order valence-corrected chi connectivity index (χ0v) is 15.3. The van der Waals surface area contributed by atoms with Crippen LogP contribution < -0.4 is 10.6 Å². The fourth-order valence-electron chi connectivity index (χ4n) is 2.24. The van der Waals surface area contributed by atoms with Crippen LogP contribution in [0.25, 0.3) is 0 Å². The molecule has 2 aromatic rings. The summed E-state index contributed by atoms with van der Waals surface area (Å²) in [6, 6.07) is 4.75. The number of hydrogen-bond acceptors (Lipinski definition) is 4. The van der Waals surface area contributed by atoms with Gasteiger partial charge in [-0.15, -0.1) is 11.3 Å². The number of urea groups is 1. The minimum atomic E-state index is -0.306. The molecule has 2 N–H and O–H groups in total. The third-order valence-electron chi connectivity index (χ3n) is 3.55. The third-order valence-corrected chi connectivity index (χ3v) is 4.34. The van der Waals surface area contributed by atoms with Crippen molar-refractivity contribution in [1.29, 1.82) is 0 Å². The molecule has 1 aromatic carbocycles. The predicted octanol–water partition coefficient (Wildman–Crippen LogP) is 3.34. The Labute approximate surface area is 145 Å². The van der Waals surface area contributed by atoms with Crippen LogP contribution in [0.15, 0.2) is 23.6 Å². The van der Waals surface area contributed by atoms with E-state index >= 15 is 0 Å². The van der Waals surface area contributed by atoms with E-state index in [4.69, 9.17) is 0 Å². The van der Waals surface area contributed by atoms with Crippen LogP contribution in [-0.2, 0) is 0 Å². The lowest BCUT2D eigenvalue weighted by atomic mass is 10.1. The number of nitrogens with one attached hydrogen (secondary N) is 2. The lowest BCUT2D eigenvalue weighted by Crippen LogP contribution is -2.31. The fourth-order valence-corrected chi connectivity index (χ4v) is 2.95. The Bertz CT molecular complexity index is 755. The van der Waals surface area contributed by atoms with Crippen molar-refractivity contribution in [3.8, 4) is 0 Å². The molecule has 0 fully saturated rings. The number of amides is 3. The van der Waals surface area contributed by atoms with Crippen molar-refractivity contribution in [3.63, 3.8) is 0 Å². The van der Waals surface area contributed by atoms with Crippen molar-refractivity contribution in [2.24, 2.45) is 0 Å². The van der Waals surface area contributed by atoms with Gasteiger partial charge in [0.2, 0.25) is 0 Å². The van der Waals surface area contributed by atoms with Crippen LogP contribution in [-0.4, -0.2) is 35.9 Å². The Balaban J connectivity index is 2.01. The molecule has 0 radical (unpaired) electrons. The van der Waals surface area contributed by atoms with Crippen molar-refractivity contribution < 1.29 is 9.59 Å². The van der Waals surface area contributed by atoms with Gasteiger partial charge in [0.05, 0.1) is 16.7 Å². The molecule has 0 saturated carbocycles. The van der Waals surface area contributed by atoms with E-state index in [1.807, 2.05) is 26.2 Å². The quantitative estimate of drug-likeness (QED) is 0.891. The van der Waals surface area contributed by atoms with E-state index in [1.54, 1.807) is 43.6 Å². The minimum absolute atomic E-state index is 0.0592. The zero-order valence-electron chi connectivity index (χ0n) is 14.5. The average Bonchev–Trinajstić information content (AvgIpc) is 2.93. The van der Waals surface area contributed by atoms with Gasteiger partial charge in [0, 0.05) is 30.7 Å². The van der Waals surface area contributed by atoms with Crippen molar-refractivity contribution >= 4 is 29.0 Å². The summed E-state index contributed by atoms with van der Waals surface area (Å²) in [5.41, 5.74) is 2.92. The summed E-state index contributed by atoms with van der Waals surface area (Å²) in [4.78, 5) is 30.0. The van der Waals surface area contributed by atoms with E-state index in [0.717, 1.165) is 16.3 Å². The summed E-state index contributed by atoms with van der Waals surface area (Å²) >= 11 is 1.55. The first-order valence-corrected chi connectivity index (χ1v) is 8.47. The molecule has 1 heterocycles. The number of hydrogen-bond donors (Lipinski definition) is 2. The number of aryl methyl sites for hydroxylation is 2. The lowest BCUT2D eigenvalue weighted by Gasteiger charge is -2.15. The molecule has 6 nitrogen and oxygen atoms in total. The second-order valence-electron chi connectivity index (χ2n) is 5.84. The van der Waals surface area contributed by atoms with Crippen LogP contribution in [0, 0.1) is 13.8 Å². The van der Waals surface area contributed by atoms with Crippen LogP contribution in [0.5, 0.6) is 0 Å². The summed E-state index contributed by atoms with van der Waals surface area (Å²) in [5, 5.41) is 8.54. The number of carbonyl (C=O) groups is 2. The van der Waals surface area contributed by atoms with E-state index in [0.29, 0.717) is 11.3 Å². The van der Waals surface area contributed by atoms with Crippen LogP contribution in [0.2, 0.25) is 0 Å². The van der Waals surface area contributed by atoms with E-state index < -0.39 is 0 Å². The van der Waals surface area contributed by atoms with E-state index in [1.165, 1.54) is 4.90 Å². The monoisotopic (exact) mass is 346 g/mol. The van der Waals surface area contributed by atoms with Crippen molar-refractivity contribution in [1.82, 2.24) is 15.2 Å². The predicted molar refractivity (Wildman–Crippen MR) is 96.6 cm³/mol. The highest BCUT2D eigenvalue weighted by Gasteiger charge is 2.14. The van der Waals surface area contributed by atoms with Gasteiger partial charge in [-0.1, -0.05) is 0 Å². The maximum Gasteiger partial charge on any atom is 0.319 e. The van der Waals surface area contributed by atoms with E-state index in [9.17, 15) is 9.59 Å². The highest BCUT2D eigenvalue weighted by Crippen LogP contribution is 2.18. The number of anilines is 1. The largest absolute Gasteiger partial charge is 0.345 e. The first kappa shape index (κ1) is 17.9. The van der Waals surface area contributed by atoms with Crippen molar-refractivity contribution in [3.05, 3.63) is 45.4 Å². The number of thiazole rings is 1. The molecule has 0 aliphatic carbocycles. The Morgan fingerprint density at radius 2 is 1.96 bits per heavy atom. The SMILES string of the molecule is Cc1nc([C@@H](C)NC(=O)Nc2ccc(C(=O)N(C)C)c(C)c2)cs1. The molecule has 0 spiro atoms. The van der Waals surface area contributed by atoms with Crippen LogP contribution in [0.3, 0.4) is 0 Å². The summed E-state index contributed by atoms with van der Waals surface area (Å²) in [6.45, 7) is 5.67. The van der Waals surface area contributed by atoms with E-state index in [-0.39, 0.29) is 18.0 Å². The zero-order chi connectivity index (χ0) is 17.9. The van der Waals surface area contributed by atoms with Crippen molar-refractivity contribution in [2.45, 2.75) is 26.8 Å². The molecule has 1 atom stereocenters. The van der Waals surface area contributed by atoms with Gasteiger partial charge in [-0.3, -0.25) is 4.79 Å². The van der Waals surface area contributed by atoms with Gasteiger partial charge in [-0.05, 0) is 44.5 Å². The minimum Gasteiger partial charge on any atom is -0.345 e. The number of benzene rings is 1. The number of aromatic nitrogens is 1. The molecule has 0 bridgehead atoms. The first-order valence-electron chi connectivity index (χ1n) is 7.59. The molecular formula is C17H22N4O2S. The Morgan fingerprint density at radius 1 is 1.25 bits per heavy atom. The number of rotatable bonds is 4. The van der Waals surface area contributed by atoms with Gasteiger partial charge in [-0.2, -0.15) is 0 Å². The average molecular weight is 346 g/mol. The molecule has 0 aliphatic heterocycles. The smallest absolute Gasteiger partial charge is 0.319 e. The van der Waals surface area contributed by atoms with Gasteiger partial charge < -0.3 is 15.5 Å². The highest BCUT2D eigenvalue weighted by atomic mass is 32.1. The molecule has 128 valence electrons. The molecule has 0 saturated heterocycles. The highest BCUT2D eigenvalue weighted by molar-refractivity contribution is 7.09. The second-order valence-corrected chi connectivity index (χ2v) is 6.90. The lowest BCUT2D eigenvalue weighted by molar-refractivity contribution is 0.0827. The first-order chi connectivity index (χ1) is 11.3. The van der Waals surface area contributed by atoms with Crippen molar-refractivity contribution in [2.75, 3.05) is 19.4 Å². The van der Waals surface area contributed by atoms with Crippen LogP contribution in [0.4, 0.5) is 10.5 Å². The topological polar surface area (TPSA) is 74.3 Å². The Hall–Kier alpha value is -2.41. The van der Waals surface area contributed by atoms with Gasteiger partial charge in [-0.25, -0.2) is 9.78 Å². The number of carbonyl (C=O) groups excluding carboxylic acids is 2. The molecule has 0 unspecified atom stereocenters. The van der Waals surface area contributed by atoms with Crippen LogP contribution in [0.1, 0.15) is 39.6 Å². The Morgan fingerprint density at radius 3 is 2.50 bits per heavy atom. The third kappa shape index (κ3) is 4.32. The van der Waals surface area contributed by atoms with Gasteiger partial charge in [0.15, 0.2) is 0 Å². The maximum absolute atomic E-state index is 12.1. The Kier molecular flexibility index (Phi) is 5.56. The maximum atomic E-state index is 12.1. The normalized spacial score (nSPS) is 11.7. The second kappa shape index (κ2) is 7.44. The van der Waals surface area contributed by atoms with Gasteiger partial charge >= 0.3 is 6.03 Å². The summed E-state index contributed by atoms with van der Waals surface area (Å²) < 4.78 is 0. The van der Waals surface area contributed by atoms with Crippen LogP contribution >= 0.6 is 11.3 Å². The standard InChI is InChI=1S/C17H22N4O2S/c1-10-8-13(6-7-14(10)16(22)21(4)5)20-17(23)18-11(2)15-9-24-12(3)19-15/h6-9,11H,1-5H3,(H2,18,20,23)/t11-/m1/s1. The molecule has 3 amide bonds. The number of nitrogens with zero attached hydrogens (tertiary/aromatic N) is 2. The molecule has 7 heteroatoms. The summed E-state index contributed by atoms with van der Waals surface area (Å²) in [6.07, 6.45) is 0. The molecule has 2 rings (SSSR count). The molecule has 1 aromatic heterocycles. The molecule has 0 aliphatic rings. The summed E-state index contributed by atoms with van der Waals surface area (Å²) in [5.74, 6) is -0.0592. The molecule has 24 heavy (non-hydrogen) atoms. The van der Waals surface area contributed by atoms with E-state index in [2.05, 4.69) is 15.6 Å². The van der Waals surface area contributed by atoms with Gasteiger partial charge in [0.1, 0.15) is 0 Å². The molecular weight excluding hydrogens is 324 g/mol.